The monoisotopic (exact) mass is 474 g/mol. The van der Waals surface area contributed by atoms with Crippen molar-refractivity contribution >= 4 is 33.8 Å². The third kappa shape index (κ3) is 5.25. The van der Waals surface area contributed by atoms with Crippen LogP contribution in [0.4, 0.5) is 0 Å². The Labute approximate surface area is 170 Å². The molecule has 0 bridgehead atoms. The van der Waals surface area contributed by atoms with E-state index >= 15 is 0 Å². The Morgan fingerprint density at radius 3 is 2.57 bits per heavy atom. The van der Waals surface area contributed by atoms with Crippen molar-refractivity contribution in [3.05, 3.63) is 75.2 Å². The Kier molecular flexibility index (Phi) is 10.5. The van der Waals surface area contributed by atoms with Crippen LogP contribution in [0.25, 0.3) is 6.08 Å². The van der Waals surface area contributed by atoms with Crippen LogP contribution >= 0.6 is 27.7 Å². The number of fused-ring (bicyclic) bond motifs is 3. The Hall–Kier alpha value is 0.473. The molecule has 1 aliphatic heterocycles. The van der Waals surface area contributed by atoms with E-state index in [1.54, 1.807) is 0 Å². The van der Waals surface area contributed by atoms with Gasteiger partial charge in [0.1, 0.15) is 0 Å². The van der Waals surface area contributed by atoms with Gasteiger partial charge in [-0.05, 0) is 9.38 Å². The van der Waals surface area contributed by atoms with E-state index in [0.29, 0.717) is 5.25 Å². The maximum Gasteiger partial charge on any atom is 4.00 e. The quantitative estimate of drug-likeness (QED) is 0.443. The number of hydrogen-bond donors (Lipinski definition) is 0. The average Bonchev–Trinajstić information content (AvgIpc) is 3.05. The first-order chi connectivity index (χ1) is 8.84. The summed E-state index contributed by atoms with van der Waals surface area (Å²) < 4.78 is 1.12. The summed E-state index contributed by atoms with van der Waals surface area (Å²) in [4.78, 5) is 0. The Balaban J connectivity index is 0.000000437. The van der Waals surface area contributed by atoms with Gasteiger partial charge in [0, 0.05) is 5.25 Å². The van der Waals surface area contributed by atoms with Gasteiger partial charge in [0.2, 0.25) is 0 Å². The molecule has 1 unspecified atom stereocenters. The molecule has 1 aromatic rings. The van der Waals surface area contributed by atoms with Gasteiger partial charge in [0.15, 0.2) is 0 Å². The minimum atomic E-state index is 0. The van der Waals surface area contributed by atoms with Crippen LogP contribution in [0.15, 0.2) is 51.9 Å². The largest absolute Gasteiger partial charge is 4.00 e. The molecule has 106 valence electrons. The van der Waals surface area contributed by atoms with Gasteiger partial charge in [-0.2, -0.15) is 17.7 Å². The first kappa shape index (κ1) is 21.5. The maximum absolute atomic E-state index is 3.47. The van der Waals surface area contributed by atoms with Gasteiger partial charge in [0.05, 0.1) is 0 Å². The van der Waals surface area contributed by atoms with Crippen LogP contribution in [-0.2, 0) is 26.2 Å². The Morgan fingerprint density at radius 1 is 1.19 bits per heavy atom. The zero-order chi connectivity index (χ0) is 12.4. The molecular weight excluding hydrogens is 466 g/mol. The van der Waals surface area contributed by atoms with Crippen LogP contribution in [0.3, 0.4) is 0 Å². The number of allylic oxidation sites excluding steroid dienone is 5. The molecule has 4 rings (SSSR count). The normalized spacial score (nSPS) is 18.8. The minimum Gasteiger partial charge on any atom is -1.00 e. The van der Waals surface area contributed by atoms with Gasteiger partial charge in [-0.15, -0.1) is 23.7 Å². The third-order valence-electron chi connectivity index (χ3n) is 2.92. The molecule has 0 spiro atoms. The van der Waals surface area contributed by atoms with Crippen molar-refractivity contribution in [3.8, 4) is 0 Å². The number of benzene rings is 1. The molecule has 3 aliphatic rings. The first-order valence-corrected chi connectivity index (χ1v) is 7.50. The number of rotatable bonds is 0. The summed E-state index contributed by atoms with van der Waals surface area (Å²) >= 11 is 5.31. The molecule has 0 aromatic heterocycles. The fourth-order valence-electron chi connectivity index (χ4n) is 2.11. The molecule has 0 saturated carbocycles. The summed E-state index contributed by atoms with van der Waals surface area (Å²) in [6, 6.07) is 8.54. The minimum absolute atomic E-state index is 0. The van der Waals surface area contributed by atoms with E-state index in [4.69, 9.17) is 0 Å². The molecule has 5 heteroatoms. The van der Waals surface area contributed by atoms with Crippen molar-refractivity contribution in [2.24, 2.45) is 0 Å². The van der Waals surface area contributed by atoms with E-state index in [9.17, 15) is 0 Å². The topological polar surface area (TPSA) is 0 Å². The average molecular weight is 477 g/mol. The van der Waals surface area contributed by atoms with E-state index in [1.165, 1.54) is 16.7 Å². The second-order valence-corrected chi connectivity index (χ2v) is 6.56. The second-order valence-electron chi connectivity index (χ2n) is 4.13. The SMILES string of the molecule is BrC1=[C-]C2=Cc3ccccc3C2S1.[C-]1=CC=CC1.[Cl-].[Cl-].[Zr+4]. The van der Waals surface area contributed by atoms with Crippen molar-refractivity contribution in [1.82, 2.24) is 0 Å². The first-order valence-electron chi connectivity index (χ1n) is 5.83. The summed E-state index contributed by atoms with van der Waals surface area (Å²) in [6.45, 7) is 0. The van der Waals surface area contributed by atoms with Crippen LogP contribution < -0.4 is 24.8 Å². The second kappa shape index (κ2) is 10.3. The fourth-order valence-corrected chi connectivity index (χ4v) is 3.88. The fraction of sp³-hybridized carbons (Fsp3) is 0.125. The third-order valence-corrected chi connectivity index (χ3v) is 4.73. The molecule has 1 atom stereocenters. The van der Waals surface area contributed by atoms with E-state index in [2.05, 4.69) is 64.5 Å². The van der Waals surface area contributed by atoms with Gasteiger partial charge >= 0.3 is 26.2 Å². The zero-order valence-corrected chi connectivity index (χ0v) is 17.3. The Morgan fingerprint density at radius 2 is 1.95 bits per heavy atom. The van der Waals surface area contributed by atoms with Gasteiger partial charge in [-0.1, -0.05) is 40.2 Å². The summed E-state index contributed by atoms with van der Waals surface area (Å²) in [7, 11) is 0. The molecule has 21 heavy (non-hydrogen) atoms. The van der Waals surface area contributed by atoms with Crippen LogP contribution in [-0.4, -0.2) is 0 Å². The molecule has 0 saturated heterocycles. The van der Waals surface area contributed by atoms with Crippen molar-refractivity contribution in [2.75, 3.05) is 0 Å². The molecule has 0 amide bonds. The number of thioether (sulfide) groups is 1. The van der Waals surface area contributed by atoms with E-state index in [1.807, 2.05) is 23.9 Å². The summed E-state index contributed by atoms with van der Waals surface area (Å²) in [5.41, 5.74) is 4.07. The van der Waals surface area contributed by atoms with Crippen LogP contribution in [0.1, 0.15) is 22.8 Å². The van der Waals surface area contributed by atoms with E-state index in [-0.39, 0.29) is 51.0 Å². The summed E-state index contributed by atoms with van der Waals surface area (Å²) in [5.74, 6) is 0. The molecular formula is C16H11BrCl2SZr. The van der Waals surface area contributed by atoms with E-state index < -0.39 is 0 Å². The summed E-state index contributed by atoms with van der Waals surface area (Å²) in [6.07, 6.45) is 15.5. The van der Waals surface area contributed by atoms with Crippen molar-refractivity contribution in [2.45, 2.75) is 11.7 Å². The Bertz CT molecular complexity index is 584. The van der Waals surface area contributed by atoms with Crippen LogP contribution in [0.5, 0.6) is 0 Å². The van der Waals surface area contributed by atoms with E-state index in [0.717, 1.165) is 10.2 Å². The van der Waals surface area contributed by atoms with Crippen LogP contribution in [0, 0.1) is 12.2 Å². The predicted molar refractivity (Wildman–Crippen MR) is 82.0 cm³/mol. The molecule has 0 fully saturated rings. The molecule has 0 radical (unpaired) electrons. The van der Waals surface area contributed by atoms with Crippen molar-refractivity contribution < 1.29 is 51.0 Å². The smallest absolute Gasteiger partial charge is 1.00 e. The van der Waals surface area contributed by atoms with Gasteiger partial charge in [-0.3, -0.25) is 6.08 Å². The van der Waals surface area contributed by atoms with Crippen molar-refractivity contribution in [1.29, 1.82) is 0 Å². The molecule has 2 aliphatic carbocycles. The van der Waals surface area contributed by atoms with Gasteiger partial charge in [0.25, 0.3) is 0 Å². The molecule has 0 N–H and O–H groups in total. The molecule has 1 aromatic carbocycles. The predicted octanol–water partition coefficient (Wildman–Crippen LogP) is -0.778. The standard InChI is InChI=1S/C11H6BrS.C5H5.2ClH.Zr/c12-10-6-8-5-7-3-1-2-4-9(7)11(8)13-10;1-2-4-5-3-1;;;/h1-5,11H;1-3H,4H2;2*1H;/q2*-1;;;+4/p-2. The maximum atomic E-state index is 3.47. The van der Waals surface area contributed by atoms with Crippen LogP contribution in [0.2, 0.25) is 0 Å². The molecule has 0 nitrogen and oxygen atoms in total. The van der Waals surface area contributed by atoms with Gasteiger partial charge < -0.3 is 24.8 Å². The summed E-state index contributed by atoms with van der Waals surface area (Å²) in [5, 5.41) is 0.491. The van der Waals surface area contributed by atoms with Crippen molar-refractivity contribution in [3.63, 3.8) is 0 Å². The molecule has 1 heterocycles. The zero-order valence-electron chi connectivity index (χ0n) is 10.9. The number of halogens is 3. The van der Waals surface area contributed by atoms with Gasteiger partial charge in [-0.25, -0.2) is 18.2 Å². The number of hydrogen-bond acceptors (Lipinski definition) is 1.